The molecule has 114 valence electrons. The van der Waals surface area contributed by atoms with Gasteiger partial charge in [-0.3, -0.25) is 4.79 Å². The van der Waals surface area contributed by atoms with E-state index in [9.17, 15) is 4.79 Å². The molecule has 6 nitrogen and oxygen atoms in total. The van der Waals surface area contributed by atoms with Crippen molar-refractivity contribution in [1.82, 2.24) is 19.9 Å². The van der Waals surface area contributed by atoms with Gasteiger partial charge in [0.05, 0.1) is 5.69 Å². The number of carbonyl (C=O) groups excluding carboxylic acids is 1. The van der Waals surface area contributed by atoms with Crippen molar-refractivity contribution in [1.29, 1.82) is 0 Å². The van der Waals surface area contributed by atoms with Gasteiger partial charge in [-0.15, -0.1) is 11.3 Å². The topological polar surface area (TPSA) is 71.0 Å². The molecule has 7 heteroatoms. The van der Waals surface area contributed by atoms with Crippen LogP contribution in [-0.2, 0) is 4.79 Å². The second-order valence-electron chi connectivity index (χ2n) is 5.16. The van der Waals surface area contributed by atoms with Gasteiger partial charge in [0.2, 0.25) is 5.91 Å². The number of rotatable bonds is 4. The molecule has 1 N–H and O–H groups in total. The lowest BCUT2D eigenvalue weighted by atomic mass is 10.0. The van der Waals surface area contributed by atoms with Crippen LogP contribution in [0.25, 0.3) is 0 Å². The van der Waals surface area contributed by atoms with Crippen molar-refractivity contribution in [3.63, 3.8) is 0 Å². The highest BCUT2D eigenvalue weighted by Crippen LogP contribution is 2.28. The third-order valence-corrected chi connectivity index (χ3v) is 4.31. The van der Waals surface area contributed by atoms with Crippen molar-refractivity contribution in [3.8, 4) is 0 Å². The molecule has 22 heavy (non-hydrogen) atoms. The average molecular weight is 315 g/mol. The highest BCUT2D eigenvalue weighted by Gasteiger charge is 2.27. The standard InChI is InChI=1S/C15H17N5OS/c1-3-14(21)20-6-4-11(9-20)12-8-13(18-10(2)17-12)19-15-16-5-7-22-15/h3,5,7-8,11H,1,4,6,9H2,2H3,(H,16,17,18,19). The minimum Gasteiger partial charge on any atom is -0.338 e. The molecule has 1 atom stereocenters. The van der Waals surface area contributed by atoms with E-state index in [2.05, 4.69) is 26.8 Å². The van der Waals surface area contributed by atoms with E-state index in [-0.39, 0.29) is 11.8 Å². The highest BCUT2D eigenvalue weighted by molar-refractivity contribution is 7.13. The fourth-order valence-electron chi connectivity index (χ4n) is 2.59. The quantitative estimate of drug-likeness (QED) is 0.878. The zero-order valence-electron chi connectivity index (χ0n) is 12.3. The van der Waals surface area contributed by atoms with Crippen LogP contribution in [0.4, 0.5) is 10.9 Å². The summed E-state index contributed by atoms with van der Waals surface area (Å²) in [6.45, 7) is 6.84. The number of hydrogen-bond acceptors (Lipinski definition) is 6. The molecule has 2 aromatic rings. The number of amides is 1. The molecule has 1 unspecified atom stereocenters. The van der Waals surface area contributed by atoms with E-state index in [1.807, 2.05) is 23.3 Å². The molecule has 0 aliphatic carbocycles. The molecule has 1 aliphatic rings. The number of anilines is 2. The lowest BCUT2D eigenvalue weighted by Crippen LogP contribution is -2.26. The molecule has 3 heterocycles. The summed E-state index contributed by atoms with van der Waals surface area (Å²) in [5.74, 6) is 1.67. The second-order valence-corrected chi connectivity index (χ2v) is 6.06. The number of aromatic nitrogens is 3. The molecule has 1 saturated heterocycles. The van der Waals surface area contributed by atoms with Gasteiger partial charge in [-0.2, -0.15) is 0 Å². The van der Waals surface area contributed by atoms with Crippen LogP contribution in [0.3, 0.4) is 0 Å². The van der Waals surface area contributed by atoms with Crippen molar-refractivity contribution in [2.45, 2.75) is 19.3 Å². The van der Waals surface area contributed by atoms with E-state index in [1.165, 1.54) is 17.4 Å². The van der Waals surface area contributed by atoms with Crippen LogP contribution in [0, 0.1) is 6.92 Å². The van der Waals surface area contributed by atoms with Crippen LogP contribution < -0.4 is 5.32 Å². The van der Waals surface area contributed by atoms with Crippen LogP contribution in [0.1, 0.15) is 23.9 Å². The third kappa shape index (κ3) is 3.14. The Bertz CT molecular complexity index is 685. The Morgan fingerprint density at radius 3 is 3.14 bits per heavy atom. The molecule has 1 amide bonds. The fraction of sp³-hybridized carbons (Fsp3) is 0.333. The van der Waals surface area contributed by atoms with Crippen LogP contribution in [0.5, 0.6) is 0 Å². The summed E-state index contributed by atoms with van der Waals surface area (Å²) in [4.78, 5) is 26.6. The first-order valence-corrected chi connectivity index (χ1v) is 7.97. The van der Waals surface area contributed by atoms with Gasteiger partial charge >= 0.3 is 0 Å². The number of likely N-dealkylation sites (tertiary alicyclic amines) is 1. The molecule has 0 aromatic carbocycles. The molecular weight excluding hydrogens is 298 g/mol. The SMILES string of the molecule is C=CC(=O)N1CCC(c2cc(Nc3nccs3)nc(C)n2)C1. The summed E-state index contributed by atoms with van der Waals surface area (Å²) in [5, 5.41) is 5.91. The van der Waals surface area contributed by atoms with E-state index in [4.69, 9.17) is 0 Å². The monoisotopic (exact) mass is 315 g/mol. The lowest BCUT2D eigenvalue weighted by molar-refractivity contribution is -0.125. The smallest absolute Gasteiger partial charge is 0.245 e. The number of nitrogens with one attached hydrogen (secondary N) is 1. The van der Waals surface area contributed by atoms with Gasteiger partial charge in [-0.1, -0.05) is 6.58 Å². The van der Waals surface area contributed by atoms with Crippen LogP contribution in [0.2, 0.25) is 0 Å². The predicted octanol–water partition coefficient (Wildman–Crippen LogP) is 2.49. The molecule has 1 aliphatic heterocycles. The number of thiazole rings is 1. The van der Waals surface area contributed by atoms with Crippen molar-refractivity contribution < 1.29 is 4.79 Å². The lowest BCUT2D eigenvalue weighted by Gasteiger charge is -2.14. The summed E-state index contributed by atoms with van der Waals surface area (Å²) >= 11 is 1.52. The Morgan fingerprint density at radius 2 is 2.41 bits per heavy atom. The van der Waals surface area contributed by atoms with Gasteiger partial charge in [-0.25, -0.2) is 15.0 Å². The van der Waals surface area contributed by atoms with Crippen molar-refractivity contribution >= 4 is 28.2 Å². The number of aryl methyl sites for hydroxylation is 1. The first kappa shape index (κ1) is 14.6. The highest BCUT2D eigenvalue weighted by atomic mass is 32.1. The Kier molecular flexibility index (Phi) is 4.15. The molecule has 3 rings (SSSR count). The van der Waals surface area contributed by atoms with Crippen LogP contribution in [0.15, 0.2) is 30.3 Å². The van der Waals surface area contributed by atoms with E-state index >= 15 is 0 Å². The first-order chi connectivity index (χ1) is 10.7. The number of carbonyl (C=O) groups is 1. The van der Waals surface area contributed by atoms with E-state index in [1.54, 1.807) is 6.20 Å². The van der Waals surface area contributed by atoms with Gasteiger partial charge in [-0.05, 0) is 19.4 Å². The number of nitrogens with zero attached hydrogens (tertiary/aromatic N) is 4. The summed E-state index contributed by atoms with van der Waals surface area (Å²) in [6, 6.07) is 1.95. The summed E-state index contributed by atoms with van der Waals surface area (Å²) in [7, 11) is 0. The number of hydrogen-bond donors (Lipinski definition) is 1. The normalized spacial score (nSPS) is 17.5. The Labute approximate surface area is 132 Å². The van der Waals surface area contributed by atoms with Gasteiger partial charge in [0, 0.05) is 36.7 Å². The van der Waals surface area contributed by atoms with Crippen molar-refractivity contribution in [3.05, 3.63) is 41.8 Å². The Hall–Kier alpha value is -2.28. The molecular formula is C15H17N5OS. The molecule has 0 saturated carbocycles. The van der Waals surface area contributed by atoms with Crippen molar-refractivity contribution in [2.24, 2.45) is 0 Å². The molecule has 0 bridgehead atoms. The molecule has 1 fully saturated rings. The minimum atomic E-state index is -0.0191. The van der Waals surface area contributed by atoms with Gasteiger partial charge in [0.15, 0.2) is 5.13 Å². The Morgan fingerprint density at radius 1 is 1.55 bits per heavy atom. The largest absolute Gasteiger partial charge is 0.338 e. The molecule has 0 radical (unpaired) electrons. The molecule has 0 spiro atoms. The zero-order chi connectivity index (χ0) is 15.5. The van der Waals surface area contributed by atoms with Gasteiger partial charge < -0.3 is 10.2 Å². The zero-order valence-corrected chi connectivity index (χ0v) is 13.1. The van der Waals surface area contributed by atoms with E-state index < -0.39 is 0 Å². The Balaban J connectivity index is 1.78. The van der Waals surface area contributed by atoms with Gasteiger partial charge in [0.25, 0.3) is 0 Å². The first-order valence-electron chi connectivity index (χ1n) is 7.09. The van der Waals surface area contributed by atoms with E-state index in [0.29, 0.717) is 12.4 Å². The van der Waals surface area contributed by atoms with Crippen molar-refractivity contribution in [2.75, 3.05) is 18.4 Å². The molecule has 2 aromatic heterocycles. The van der Waals surface area contributed by atoms with Crippen LogP contribution >= 0.6 is 11.3 Å². The average Bonchev–Trinajstić information content (AvgIpc) is 3.17. The maximum Gasteiger partial charge on any atom is 0.245 e. The summed E-state index contributed by atoms with van der Waals surface area (Å²) in [5.41, 5.74) is 0.964. The van der Waals surface area contributed by atoms with E-state index in [0.717, 1.165) is 29.6 Å². The minimum absolute atomic E-state index is 0.0191. The predicted molar refractivity (Wildman–Crippen MR) is 86.3 cm³/mol. The van der Waals surface area contributed by atoms with Gasteiger partial charge in [0.1, 0.15) is 11.6 Å². The maximum atomic E-state index is 11.7. The summed E-state index contributed by atoms with van der Waals surface area (Å²) in [6.07, 6.45) is 4.02. The fourth-order valence-corrected chi connectivity index (χ4v) is 3.13. The van der Waals surface area contributed by atoms with Crippen LogP contribution in [-0.4, -0.2) is 38.8 Å². The third-order valence-electron chi connectivity index (χ3n) is 3.62. The maximum absolute atomic E-state index is 11.7. The summed E-state index contributed by atoms with van der Waals surface area (Å²) < 4.78 is 0. The second kappa shape index (κ2) is 6.23.